The number of imidazole rings is 1. The van der Waals surface area contributed by atoms with Gasteiger partial charge in [-0.3, -0.25) is 4.57 Å². The Labute approximate surface area is 122 Å². The molecule has 8 nitrogen and oxygen atoms in total. The van der Waals surface area contributed by atoms with Crippen molar-refractivity contribution in [2.24, 2.45) is 0 Å². The van der Waals surface area contributed by atoms with Gasteiger partial charge in [0.15, 0.2) is 0 Å². The average Bonchev–Trinajstić information content (AvgIpc) is 3.09. The minimum Gasteiger partial charge on any atom is -0.357 e. The summed E-state index contributed by atoms with van der Waals surface area (Å²) in [6.07, 6.45) is 8.64. The van der Waals surface area contributed by atoms with Crippen molar-refractivity contribution < 1.29 is 0 Å². The van der Waals surface area contributed by atoms with E-state index in [9.17, 15) is 0 Å². The molecule has 0 aromatic carbocycles. The molecule has 0 aliphatic carbocycles. The lowest BCUT2D eigenvalue weighted by molar-refractivity contribution is 0.776. The minimum absolute atomic E-state index is 0.450. The lowest BCUT2D eigenvalue weighted by Crippen LogP contribution is -2.10. The Bertz CT molecular complexity index is 689. The topological polar surface area (TPSA) is 86.3 Å². The van der Waals surface area contributed by atoms with Gasteiger partial charge in [0.05, 0.1) is 9.77 Å². The molecule has 0 atom stereocenters. The Balaban J connectivity index is 2.12. The number of hydrogen-bond acceptors (Lipinski definition) is 6. The summed E-state index contributed by atoms with van der Waals surface area (Å²) in [5, 5.41) is 7.09. The van der Waals surface area contributed by atoms with Crippen molar-refractivity contribution in [3.05, 3.63) is 34.7 Å². The summed E-state index contributed by atoms with van der Waals surface area (Å²) in [6.45, 7) is 0. The van der Waals surface area contributed by atoms with Crippen LogP contribution in [0.4, 0.5) is 5.95 Å². The summed E-state index contributed by atoms with van der Waals surface area (Å²) in [4.78, 5) is 16.9. The first-order valence-electron chi connectivity index (χ1n) is 5.39. The fraction of sp³-hybridized carbons (Fsp3) is 0.100. The van der Waals surface area contributed by atoms with Crippen LogP contribution in [0.5, 0.6) is 0 Å². The molecule has 0 aliphatic rings. The zero-order valence-corrected chi connectivity index (χ0v) is 12.1. The monoisotopic (exact) mass is 368 g/mol. The zero-order chi connectivity index (χ0) is 13.2. The smallest absolute Gasteiger partial charge is 0.257 e. The molecular weight excluding hydrogens is 359 g/mol. The van der Waals surface area contributed by atoms with Gasteiger partial charge in [-0.05, 0) is 22.6 Å². The molecule has 0 fully saturated rings. The molecule has 3 heterocycles. The maximum Gasteiger partial charge on any atom is 0.257 e. The van der Waals surface area contributed by atoms with E-state index in [2.05, 4.69) is 52.9 Å². The van der Waals surface area contributed by atoms with E-state index < -0.39 is 0 Å². The number of hydrogen-bond donors (Lipinski definition) is 1. The molecule has 0 radical (unpaired) electrons. The molecule has 3 aromatic heterocycles. The minimum atomic E-state index is 0.450. The Morgan fingerprint density at radius 2 is 2.05 bits per heavy atom. The highest BCUT2D eigenvalue weighted by molar-refractivity contribution is 14.1. The average molecular weight is 368 g/mol. The van der Waals surface area contributed by atoms with Crippen molar-refractivity contribution in [1.82, 2.24) is 34.3 Å². The van der Waals surface area contributed by atoms with Crippen molar-refractivity contribution >= 4 is 28.5 Å². The van der Waals surface area contributed by atoms with Crippen LogP contribution >= 0.6 is 22.6 Å². The SMILES string of the molecule is CNc1nc(-n2ccnc2)nc(-n2cc(I)cn2)n1. The molecule has 9 heteroatoms. The van der Waals surface area contributed by atoms with Gasteiger partial charge in [-0.15, -0.1) is 0 Å². The molecule has 96 valence electrons. The van der Waals surface area contributed by atoms with Crippen molar-refractivity contribution in [2.75, 3.05) is 12.4 Å². The van der Waals surface area contributed by atoms with Crippen LogP contribution in [0.1, 0.15) is 0 Å². The fourth-order valence-corrected chi connectivity index (χ4v) is 1.86. The van der Waals surface area contributed by atoms with Gasteiger partial charge in [0.25, 0.3) is 5.95 Å². The lowest BCUT2D eigenvalue weighted by atomic mass is 10.7. The van der Waals surface area contributed by atoms with Crippen LogP contribution in [0.2, 0.25) is 0 Å². The molecule has 0 saturated carbocycles. The van der Waals surface area contributed by atoms with Crippen LogP contribution in [0.15, 0.2) is 31.1 Å². The molecule has 3 rings (SSSR count). The van der Waals surface area contributed by atoms with Crippen LogP contribution in [-0.4, -0.2) is 41.3 Å². The lowest BCUT2D eigenvalue weighted by Gasteiger charge is -2.06. The summed E-state index contributed by atoms with van der Waals surface area (Å²) in [7, 11) is 1.75. The van der Waals surface area contributed by atoms with E-state index in [-0.39, 0.29) is 0 Å². The molecule has 1 N–H and O–H groups in total. The van der Waals surface area contributed by atoms with E-state index >= 15 is 0 Å². The first-order chi connectivity index (χ1) is 9.26. The third-order valence-electron chi connectivity index (χ3n) is 2.33. The van der Waals surface area contributed by atoms with Crippen molar-refractivity contribution in [2.45, 2.75) is 0 Å². The number of aromatic nitrogens is 7. The Morgan fingerprint density at radius 3 is 2.68 bits per heavy atom. The molecular formula is C10H9IN8. The predicted molar refractivity (Wildman–Crippen MR) is 76.3 cm³/mol. The first kappa shape index (κ1) is 12.0. The summed E-state index contributed by atoms with van der Waals surface area (Å²) < 4.78 is 4.32. The molecule has 19 heavy (non-hydrogen) atoms. The normalized spacial score (nSPS) is 10.6. The Kier molecular flexibility index (Phi) is 3.11. The number of anilines is 1. The zero-order valence-electron chi connectivity index (χ0n) is 9.90. The van der Waals surface area contributed by atoms with Gasteiger partial charge in [-0.1, -0.05) is 0 Å². The number of nitrogens with zero attached hydrogens (tertiary/aromatic N) is 7. The van der Waals surface area contributed by atoms with Crippen molar-refractivity contribution in [1.29, 1.82) is 0 Å². The summed E-state index contributed by atoms with van der Waals surface area (Å²) >= 11 is 2.18. The maximum atomic E-state index is 4.37. The summed E-state index contributed by atoms with van der Waals surface area (Å²) in [5.74, 6) is 1.41. The predicted octanol–water partition coefficient (Wildman–Crippen LogP) is 0.889. The van der Waals surface area contributed by atoms with Gasteiger partial charge in [-0.2, -0.15) is 20.1 Å². The molecule has 0 aliphatic heterocycles. The maximum absolute atomic E-state index is 4.37. The highest BCUT2D eigenvalue weighted by Crippen LogP contribution is 2.10. The second-order valence-electron chi connectivity index (χ2n) is 3.58. The van der Waals surface area contributed by atoms with Gasteiger partial charge < -0.3 is 5.32 Å². The standard InChI is InChI=1S/C10H9IN8/c1-12-8-15-9(18-3-2-13-6-18)17-10(16-8)19-5-7(11)4-14-19/h2-6H,1H3,(H,12,15,16,17). The molecule has 0 saturated heterocycles. The molecule has 0 amide bonds. The van der Waals surface area contributed by atoms with Crippen LogP contribution in [-0.2, 0) is 0 Å². The number of nitrogens with one attached hydrogen (secondary N) is 1. The molecule has 0 unspecified atom stereocenters. The number of halogens is 1. The van der Waals surface area contributed by atoms with E-state index in [0.717, 1.165) is 3.57 Å². The Morgan fingerprint density at radius 1 is 1.21 bits per heavy atom. The van der Waals surface area contributed by atoms with Crippen molar-refractivity contribution in [3.8, 4) is 11.9 Å². The summed E-state index contributed by atoms with van der Waals surface area (Å²) in [5.41, 5.74) is 0. The second-order valence-corrected chi connectivity index (χ2v) is 4.83. The van der Waals surface area contributed by atoms with E-state index in [1.165, 1.54) is 0 Å². The number of rotatable bonds is 3. The van der Waals surface area contributed by atoms with E-state index in [1.807, 2.05) is 6.20 Å². The van der Waals surface area contributed by atoms with Crippen LogP contribution < -0.4 is 5.32 Å². The fourth-order valence-electron chi connectivity index (χ4n) is 1.47. The molecule has 3 aromatic rings. The van der Waals surface area contributed by atoms with Gasteiger partial charge >= 0.3 is 0 Å². The third-order valence-corrected chi connectivity index (χ3v) is 2.88. The third kappa shape index (κ3) is 2.41. The first-order valence-corrected chi connectivity index (χ1v) is 6.47. The highest BCUT2D eigenvalue weighted by atomic mass is 127. The van der Waals surface area contributed by atoms with Gasteiger partial charge in [0.2, 0.25) is 11.9 Å². The summed E-state index contributed by atoms with van der Waals surface area (Å²) in [6, 6.07) is 0. The van der Waals surface area contributed by atoms with E-state index in [0.29, 0.717) is 17.8 Å². The van der Waals surface area contributed by atoms with Crippen LogP contribution in [0.3, 0.4) is 0 Å². The Hall–Kier alpha value is -2.04. The van der Waals surface area contributed by atoms with Crippen molar-refractivity contribution in [3.63, 3.8) is 0 Å². The molecule has 0 spiro atoms. The second kappa shape index (κ2) is 4.91. The largest absolute Gasteiger partial charge is 0.357 e. The quantitative estimate of drug-likeness (QED) is 0.691. The highest BCUT2D eigenvalue weighted by Gasteiger charge is 2.09. The van der Waals surface area contributed by atoms with Gasteiger partial charge in [0, 0.05) is 25.6 Å². The van der Waals surface area contributed by atoms with Gasteiger partial charge in [0.1, 0.15) is 6.33 Å². The van der Waals surface area contributed by atoms with Gasteiger partial charge in [-0.25, -0.2) is 9.67 Å². The molecule has 0 bridgehead atoms. The van der Waals surface area contributed by atoms with Crippen LogP contribution in [0.25, 0.3) is 11.9 Å². The van der Waals surface area contributed by atoms with Crippen LogP contribution in [0, 0.1) is 3.57 Å². The van der Waals surface area contributed by atoms with E-state index in [1.54, 1.807) is 41.2 Å². The van der Waals surface area contributed by atoms with E-state index in [4.69, 9.17) is 0 Å².